The molecule has 8 nitrogen and oxygen atoms in total. The molecule has 1 aliphatic carbocycles. The van der Waals surface area contributed by atoms with Crippen LogP contribution in [0.5, 0.6) is 5.88 Å². The monoisotopic (exact) mass is 388 g/mol. The number of nitrogens with zero attached hydrogens (tertiary/aromatic N) is 3. The van der Waals surface area contributed by atoms with Crippen LogP contribution in [-0.4, -0.2) is 35.7 Å². The standard InChI is InChI=1S/C18H20N4O4S/c23-27(24,12-16-15-3-1-2-4-17(15)26-21-16)22-13-5-7-14(8-6-13)25-18-11-19-9-10-20-18/h1-4,9-11,13-14,22H,5-8,12H2. The molecule has 1 saturated carbocycles. The van der Waals surface area contributed by atoms with Crippen LogP contribution in [-0.2, 0) is 15.8 Å². The molecule has 0 aliphatic heterocycles. The summed E-state index contributed by atoms with van der Waals surface area (Å²) in [5.74, 6) is 0.305. The van der Waals surface area contributed by atoms with Gasteiger partial charge in [0, 0.05) is 23.8 Å². The smallest absolute Gasteiger partial charge is 0.232 e. The van der Waals surface area contributed by atoms with Gasteiger partial charge in [0.25, 0.3) is 0 Å². The highest BCUT2D eigenvalue weighted by molar-refractivity contribution is 7.88. The van der Waals surface area contributed by atoms with Crippen molar-refractivity contribution in [2.75, 3.05) is 0 Å². The van der Waals surface area contributed by atoms with Crippen LogP contribution in [0.15, 0.2) is 47.4 Å². The van der Waals surface area contributed by atoms with Gasteiger partial charge in [-0.05, 0) is 37.8 Å². The lowest BCUT2D eigenvalue weighted by Gasteiger charge is -2.28. The first kappa shape index (κ1) is 17.9. The van der Waals surface area contributed by atoms with Gasteiger partial charge in [0.15, 0.2) is 5.58 Å². The van der Waals surface area contributed by atoms with Crippen molar-refractivity contribution in [3.8, 4) is 5.88 Å². The lowest BCUT2D eigenvalue weighted by atomic mass is 9.94. The number of rotatable bonds is 6. The maximum Gasteiger partial charge on any atom is 0.232 e. The second kappa shape index (κ2) is 7.61. The Bertz CT molecular complexity index is 998. The Balaban J connectivity index is 1.33. The maximum atomic E-state index is 12.5. The molecule has 1 aliphatic rings. The number of para-hydroxylation sites is 1. The molecular formula is C18H20N4O4S. The highest BCUT2D eigenvalue weighted by Gasteiger charge is 2.27. The molecule has 4 rings (SSSR count). The van der Waals surface area contributed by atoms with Crippen molar-refractivity contribution in [3.05, 3.63) is 48.5 Å². The second-order valence-corrected chi connectivity index (χ2v) is 8.39. The summed E-state index contributed by atoms with van der Waals surface area (Å²) in [7, 11) is -3.51. The lowest BCUT2D eigenvalue weighted by molar-refractivity contribution is 0.138. The van der Waals surface area contributed by atoms with E-state index >= 15 is 0 Å². The minimum Gasteiger partial charge on any atom is -0.473 e. The lowest BCUT2D eigenvalue weighted by Crippen LogP contribution is -2.40. The zero-order valence-corrected chi connectivity index (χ0v) is 15.4. The number of aromatic nitrogens is 3. The molecular weight excluding hydrogens is 368 g/mol. The highest BCUT2D eigenvalue weighted by Crippen LogP contribution is 2.24. The van der Waals surface area contributed by atoms with Gasteiger partial charge in [0.05, 0.1) is 6.20 Å². The normalized spacial score (nSPS) is 20.6. The second-order valence-electron chi connectivity index (χ2n) is 6.64. The molecule has 0 unspecified atom stereocenters. The average Bonchev–Trinajstić information content (AvgIpc) is 3.06. The van der Waals surface area contributed by atoms with E-state index in [1.54, 1.807) is 24.7 Å². The van der Waals surface area contributed by atoms with Crippen LogP contribution in [0.25, 0.3) is 11.0 Å². The first-order valence-corrected chi connectivity index (χ1v) is 10.5. The van der Waals surface area contributed by atoms with Crippen molar-refractivity contribution >= 4 is 21.0 Å². The molecule has 1 aromatic carbocycles. The summed E-state index contributed by atoms with van der Waals surface area (Å²) in [5.41, 5.74) is 1.02. The van der Waals surface area contributed by atoms with Gasteiger partial charge in [-0.25, -0.2) is 18.1 Å². The van der Waals surface area contributed by atoms with Crippen molar-refractivity contribution in [1.82, 2.24) is 19.8 Å². The SMILES string of the molecule is O=S(=O)(Cc1noc2ccccc12)NC1CCC(Oc2cnccn2)CC1. The Morgan fingerprint density at radius 2 is 1.96 bits per heavy atom. The van der Waals surface area contributed by atoms with Crippen molar-refractivity contribution in [2.24, 2.45) is 0 Å². The Hall–Kier alpha value is -2.52. The summed E-state index contributed by atoms with van der Waals surface area (Å²) in [6, 6.07) is 7.14. The summed E-state index contributed by atoms with van der Waals surface area (Å²) in [6.07, 6.45) is 7.74. The van der Waals surface area contributed by atoms with Gasteiger partial charge in [-0.2, -0.15) is 0 Å². The third-order valence-electron chi connectivity index (χ3n) is 4.63. The number of sulfonamides is 1. The first-order valence-electron chi connectivity index (χ1n) is 8.85. The van der Waals surface area contributed by atoms with Gasteiger partial charge in [-0.3, -0.25) is 4.98 Å². The molecule has 2 heterocycles. The van der Waals surface area contributed by atoms with Crippen LogP contribution in [0, 0.1) is 0 Å². The Kier molecular flexibility index (Phi) is 5.04. The molecule has 0 spiro atoms. The number of ether oxygens (including phenoxy) is 1. The largest absolute Gasteiger partial charge is 0.473 e. The molecule has 0 amide bonds. The number of benzene rings is 1. The van der Waals surface area contributed by atoms with Crippen LogP contribution in [0.1, 0.15) is 31.4 Å². The molecule has 2 aromatic heterocycles. The molecule has 9 heteroatoms. The van der Waals surface area contributed by atoms with E-state index in [0.717, 1.165) is 18.2 Å². The van der Waals surface area contributed by atoms with Crippen LogP contribution >= 0.6 is 0 Å². The summed E-state index contributed by atoms with van der Waals surface area (Å²) in [6.45, 7) is 0. The quantitative estimate of drug-likeness (QED) is 0.691. The van der Waals surface area contributed by atoms with Gasteiger partial charge < -0.3 is 9.26 Å². The maximum absolute atomic E-state index is 12.5. The van der Waals surface area contributed by atoms with Crippen LogP contribution < -0.4 is 9.46 Å². The van der Waals surface area contributed by atoms with Gasteiger partial charge >= 0.3 is 0 Å². The average molecular weight is 388 g/mol. The first-order chi connectivity index (χ1) is 13.1. The Labute approximate surface area is 157 Å². The fraction of sp³-hybridized carbons (Fsp3) is 0.389. The molecule has 27 heavy (non-hydrogen) atoms. The van der Waals surface area contributed by atoms with E-state index in [1.165, 1.54) is 0 Å². The molecule has 0 saturated heterocycles. The van der Waals surface area contributed by atoms with Gasteiger partial charge in [0.1, 0.15) is 17.6 Å². The van der Waals surface area contributed by atoms with E-state index in [-0.39, 0.29) is 17.9 Å². The topological polar surface area (TPSA) is 107 Å². The van der Waals surface area contributed by atoms with Gasteiger partial charge in [-0.1, -0.05) is 17.3 Å². The van der Waals surface area contributed by atoms with Crippen molar-refractivity contribution in [3.63, 3.8) is 0 Å². The number of hydrogen-bond donors (Lipinski definition) is 1. The molecule has 0 atom stereocenters. The van der Waals surface area contributed by atoms with Gasteiger partial charge in [0.2, 0.25) is 15.9 Å². The number of nitrogens with one attached hydrogen (secondary N) is 1. The van der Waals surface area contributed by atoms with E-state index in [9.17, 15) is 8.42 Å². The van der Waals surface area contributed by atoms with Crippen LogP contribution in [0.3, 0.4) is 0 Å². The Morgan fingerprint density at radius 1 is 1.15 bits per heavy atom. The van der Waals surface area contributed by atoms with E-state index in [0.29, 0.717) is 30.0 Å². The zero-order valence-electron chi connectivity index (χ0n) is 14.6. The van der Waals surface area contributed by atoms with E-state index in [1.807, 2.05) is 18.2 Å². The molecule has 1 fully saturated rings. The predicted octanol–water partition coefficient (Wildman–Crippen LogP) is 2.43. The zero-order chi connectivity index (χ0) is 18.7. The van der Waals surface area contributed by atoms with Gasteiger partial charge in [-0.15, -0.1) is 0 Å². The van der Waals surface area contributed by atoms with Crippen molar-refractivity contribution in [1.29, 1.82) is 0 Å². The minimum atomic E-state index is -3.51. The van der Waals surface area contributed by atoms with Crippen molar-refractivity contribution < 1.29 is 17.7 Å². The fourth-order valence-corrected chi connectivity index (χ4v) is 4.73. The number of fused-ring (bicyclic) bond motifs is 1. The highest BCUT2D eigenvalue weighted by atomic mass is 32.2. The summed E-state index contributed by atoms with van der Waals surface area (Å²) in [5, 5.41) is 4.63. The van der Waals surface area contributed by atoms with Crippen LogP contribution in [0.4, 0.5) is 0 Å². The molecule has 142 valence electrons. The minimum absolute atomic E-state index is 0.0296. The fourth-order valence-electron chi connectivity index (χ4n) is 3.33. The third-order valence-corrected chi connectivity index (χ3v) is 5.97. The molecule has 1 N–H and O–H groups in total. The van der Waals surface area contributed by atoms with E-state index in [2.05, 4.69) is 19.8 Å². The summed E-state index contributed by atoms with van der Waals surface area (Å²) in [4.78, 5) is 8.08. The van der Waals surface area contributed by atoms with Crippen molar-refractivity contribution in [2.45, 2.75) is 43.6 Å². The van der Waals surface area contributed by atoms with E-state index in [4.69, 9.17) is 9.26 Å². The van der Waals surface area contributed by atoms with E-state index < -0.39 is 10.0 Å². The predicted molar refractivity (Wildman–Crippen MR) is 98.5 cm³/mol. The Morgan fingerprint density at radius 3 is 2.74 bits per heavy atom. The van der Waals surface area contributed by atoms with Crippen LogP contribution in [0.2, 0.25) is 0 Å². The summed E-state index contributed by atoms with van der Waals surface area (Å²) < 4.78 is 38.8. The molecule has 0 bridgehead atoms. The molecule has 0 radical (unpaired) electrons. The third kappa shape index (κ3) is 4.42. The number of hydrogen-bond acceptors (Lipinski definition) is 7. The molecule has 3 aromatic rings. The summed E-state index contributed by atoms with van der Waals surface area (Å²) >= 11 is 0.